The molecule has 10 nitrogen and oxygen atoms in total. The van der Waals surface area contributed by atoms with E-state index in [0.29, 0.717) is 28.6 Å². The summed E-state index contributed by atoms with van der Waals surface area (Å²) in [7, 11) is 0. The molecule has 3 N–H and O–H groups in total. The van der Waals surface area contributed by atoms with E-state index in [0.717, 1.165) is 42.7 Å². The predicted molar refractivity (Wildman–Crippen MR) is 147 cm³/mol. The van der Waals surface area contributed by atoms with Crippen LogP contribution in [0.4, 0.5) is 10.1 Å². The molecule has 1 aliphatic rings. The normalized spacial score (nSPS) is 18.3. The Morgan fingerprint density at radius 1 is 1.25 bits per heavy atom. The molecule has 0 spiro atoms. The summed E-state index contributed by atoms with van der Waals surface area (Å²) in [6.45, 7) is 4.34. The number of oxazole rings is 1. The largest absolute Gasteiger partial charge is 0.448 e. The molecule has 1 atom stereocenters. The molecule has 0 bridgehead atoms. The van der Waals surface area contributed by atoms with Gasteiger partial charge in [0.25, 0.3) is 5.91 Å². The van der Waals surface area contributed by atoms with Gasteiger partial charge >= 0.3 is 0 Å². The standard InChI is InChI=1S/C29H32FN7O3/c1-17-27(40-16-34-17)19-4-6-20(7-5-19)36-23-11-24(25-9-8-21-10-18(12-31)13-35-37(21)25)32-14-22(23)28(38)33-15-26(30)29(2,3)39/h8-11,13-14,16,19-20,26,39H,4-7,15H2,1-3H3,(H,32,36)(H,33,38). The van der Waals surface area contributed by atoms with E-state index in [1.54, 1.807) is 16.6 Å². The molecule has 4 heterocycles. The predicted octanol–water partition coefficient (Wildman–Crippen LogP) is 4.54. The SMILES string of the molecule is Cc1ncoc1C1CCC(Nc2cc(-c3ccc4cc(C#N)cnn34)ncc2C(=O)NCC(F)C(C)(C)O)CC1. The zero-order valence-corrected chi connectivity index (χ0v) is 22.7. The topological polar surface area (TPSA) is 141 Å². The highest BCUT2D eigenvalue weighted by molar-refractivity contribution is 6.00. The lowest BCUT2D eigenvalue weighted by molar-refractivity contribution is -0.00177. The number of aromatic nitrogens is 4. The molecule has 4 aromatic rings. The maximum absolute atomic E-state index is 14.4. The summed E-state index contributed by atoms with van der Waals surface area (Å²) in [5.74, 6) is 0.747. The van der Waals surface area contributed by atoms with E-state index in [1.165, 1.54) is 32.6 Å². The van der Waals surface area contributed by atoms with Crippen molar-refractivity contribution in [3.05, 3.63) is 65.6 Å². The van der Waals surface area contributed by atoms with Crippen molar-refractivity contribution in [2.75, 3.05) is 11.9 Å². The maximum atomic E-state index is 14.4. The van der Waals surface area contributed by atoms with Crippen molar-refractivity contribution in [2.24, 2.45) is 0 Å². The number of nitrogens with zero attached hydrogens (tertiary/aromatic N) is 5. The number of halogens is 1. The number of rotatable bonds is 8. The minimum Gasteiger partial charge on any atom is -0.448 e. The number of nitrogens with one attached hydrogen (secondary N) is 2. The van der Waals surface area contributed by atoms with Gasteiger partial charge in [0, 0.05) is 18.2 Å². The second kappa shape index (κ2) is 11.1. The fourth-order valence-corrected chi connectivity index (χ4v) is 5.10. The van der Waals surface area contributed by atoms with E-state index in [-0.39, 0.29) is 18.2 Å². The van der Waals surface area contributed by atoms with E-state index in [1.807, 2.05) is 19.1 Å². The number of alkyl halides is 1. The van der Waals surface area contributed by atoms with E-state index in [4.69, 9.17) is 4.42 Å². The fourth-order valence-electron chi connectivity index (χ4n) is 5.10. The molecule has 4 aromatic heterocycles. The number of carbonyl (C=O) groups excluding carboxylic acids is 1. The fraction of sp³-hybridized carbons (Fsp3) is 0.414. The van der Waals surface area contributed by atoms with Crippen LogP contribution >= 0.6 is 0 Å². The summed E-state index contributed by atoms with van der Waals surface area (Å²) in [5.41, 5.74) is 2.67. The van der Waals surface area contributed by atoms with Crippen molar-refractivity contribution in [3.63, 3.8) is 0 Å². The lowest BCUT2D eigenvalue weighted by atomic mass is 9.84. The monoisotopic (exact) mass is 545 g/mol. The van der Waals surface area contributed by atoms with Crippen molar-refractivity contribution < 1.29 is 18.7 Å². The summed E-state index contributed by atoms with van der Waals surface area (Å²) >= 11 is 0. The Morgan fingerprint density at radius 3 is 2.70 bits per heavy atom. The molecule has 5 rings (SSSR count). The Hall–Kier alpha value is -4.30. The van der Waals surface area contributed by atoms with Crippen LogP contribution in [-0.4, -0.2) is 55.0 Å². The zero-order chi connectivity index (χ0) is 28.4. The van der Waals surface area contributed by atoms with Crippen LogP contribution in [0, 0.1) is 18.3 Å². The van der Waals surface area contributed by atoms with Gasteiger partial charge in [-0.15, -0.1) is 0 Å². The minimum atomic E-state index is -1.63. The number of amides is 1. The lowest BCUT2D eigenvalue weighted by Gasteiger charge is -2.29. The maximum Gasteiger partial charge on any atom is 0.255 e. The van der Waals surface area contributed by atoms with E-state index >= 15 is 0 Å². The van der Waals surface area contributed by atoms with Gasteiger partial charge in [0.05, 0.1) is 57.8 Å². The number of fused-ring (bicyclic) bond motifs is 1. The highest BCUT2D eigenvalue weighted by Gasteiger charge is 2.29. The van der Waals surface area contributed by atoms with Gasteiger partial charge < -0.3 is 20.2 Å². The molecule has 11 heteroatoms. The first-order valence-electron chi connectivity index (χ1n) is 13.3. The second-order valence-electron chi connectivity index (χ2n) is 10.9. The Kier molecular flexibility index (Phi) is 7.54. The first kappa shape index (κ1) is 27.3. The zero-order valence-electron chi connectivity index (χ0n) is 22.7. The Bertz CT molecular complexity index is 1560. The number of pyridine rings is 1. The third-order valence-corrected chi connectivity index (χ3v) is 7.49. The van der Waals surface area contributed by atoms with E-state index in [2.05, 4.69) is 31.8 Å². The van der Waals surface area contributed by atoms with Gasteiger partial charge in [-0.05, 0) is 70.7 Å². The third kappa shape index (κ3) is 5.67. The van der Waals surface area contributed by atoms with Crippen LogP contribution in [0.15, 0.2) is 47.5 Å². The van der Waals surface area contributed by atoms with Crippen LogP contribution in [0.1, 0.15) is 72.8 Å². The third-order valence-electron chi connectivity index (χ3n) is 7.49. The molecule has 0 saturated heterocycles. The molecule has 1 aliphatic carbocycles. The van der Waals surface area contributed by atoms with E-state index < -0.39 is 17.7 Å². The molecular formula is C29H32FN7O3. The van der Waals surface area contributed by atoms with Crippen LogP contribution < -0.4 is 10.6 Å². The molecule has 208 valence electrons. The number of anilines is 1. The first-order valence-corrected chi connectivity index (χ1v) is 13.3. The summed E-state index contributed by atoms with van der Waals surface area (Å²) < 4.78 is 21.7. The number of nitriles is 1. The van der Waals surface area contributed by atoms with Crippen LogP contribution in [0.25, 0.3) is 16.9 Å². The van der Waals surface area contributed by atoms with Crippen LogP contribution in [0.3, 0.4) is 0 Å². The van der Waals surface area contributed by atoms with Crippen molar-refractivity contribution in [1.82, 2.24) is 24.9 Å². The molecule has 0 aliphatic heterocycles. The van der Waals surface area contributed by atoms with Crippen LogP contribution in [-0.2, 0) is 0 Å². The molecule has 1 unspecified atom stereocenters. The molecule has 0 radical (unpaired) electrons. The van der Waals surface area contributed by atoms with Gasteiger partial charge in [0.15, 0.2) is 6.39 Å². The van der Waals surface area contributed by atoms with Gasteiger partial charge in [0.1, 0.15) is 18.0 Å². The average Bonchev–Trinajstić information content (AvgIpc) is 3.57. The van der Waals surface area contributed by atoms with Crippen molar-refractivity contribution >= 4 is 17.1 Å². The number of hydrogen-bond donors (Lipinski definition) is 3. The molecule has 40 heavy (non-hydrogen) atoms. The first-order chi connectivity index (χ1) is 19.1. The summed E-state index contributed by atoms with van der Waals surface area (Å²) in [6.07, 6.45) is 6.36. The van der Waals surface area contributed by atoms with E-state index in [9.17, 15) is 19.6 Å². The minimum absolute atomic E-state index is 0.104. The molecular weight excluding hydrogens is 513 g/mol. The van der Waals surface area contributed by atoms with Gasteiger partial charge in [-0.25, -0.2) is 13.9 Å². The number of carbonyl (C=O) groups is 1. The molecule has 1 saturated carbocycles. The van der Waals surface area contributed by atoms with Crippen molar-refractivity contribution in [1.29, 1.82) is 5.26 Å². The Balaban J connectivity index is 1.41. The molecule has 1 amide bonds. The van der Waals surface area contributed by atoms with Crippen LogP contribution in [0.2, 0.25) is 0 Å². The quantitative estimate of drug-likeness (QED) is 0.293. The smallest absolute Gasteiger partial charge is 0.255 e. The summed E-state index contributed by atoms with van der Waals surface area (Å²) in [6, 6.07) is 9.44. The van der Waals surface area contributed by atoms with Crippen LogP contribution in [0.5, 0.6) is 0 Å². The van der Waals surface area contributed by atoms with Gasteiger partial charge in [-0.2, -0.15) is 10.4 Å². The Labute approximate surface area is 231 Å². The number of aryl methyl sites for hydroxylation is 1. The highest BCUT2D eigenvalue weighted by atomic mass is 19.1. The average molecular weight is 546 g/mol. The van der Waals surface area contributed by atoms with Gasteiger partial charge in [-0.1, -0.05) is 0 Å². The molecule has 0 aromatic carbocycles. The molecule has 1 fully saturated rings. The van der Waals surface area contributed by atoms with Gasteiger partial charge in [-0.3, -0.25) is 9.78 Å². The Morgan fingerprint density at radius 2 is 2.02 bits per heavy atom. The number of aliphatic hydroxyl groups is 1. The second-order valence-corrected chi connectivity index (χ2v) is 10.9. The van der Waals surface area contributed by atoms with Crippen molar-refractivity contribution in [2.45, 2.75) is 70.2 Å². The van der Waals surface area contributed by atoms with Gasteiger partial charge in [0.2, 0.25) is 0 Å². The highest BCUT2D eigenvalue weighted by Crippen LogP contribution is 2.36. The summed E-state index contributed by atoms with van der Waals surface area (Å²) in [4.78, 5) is 21.9. The number of hydrogen-bond acceptors (Lipinski definition) is 8. The lowest BCUT2D eigenvalue weighted by Crippen LogP contribution is -2.42. The van der Waals surface area contributed by atoms with Crippen molar-refractivity contribution in [3.8, 4) is 17.5 Å². The summed E-state index contributed by atoms with van der Waals surface area (Å²) in [5, 5.41) is 29.6.